The summed E-state index contributed by atoms with van der Waals surface area (Å²) in [7, 11) is 2.74. The smallest absolute Gasteiger partial charge is 0.417 e. The highest BCUT2D eigenvalue weighted by molar-refractivity contribution is 6.31. The number of aromatic nitrogens is 1. The van der Waals surface area contributed by atoms with E-state index in [9.17, 15) is 27.6 Å². The fraction of sp³-hybridized carbons (Fsp3) is 0.350. The van der Waals surface area contributed by atoms with E-state index in [0.29, 0.717) is 11.3 Å². The van der Waals surface area contributed by atoms with Gasteiger partial charge in [-0.2, -0.15) is 13.2 Å². The molecule has 0 atom stereocenters. The monoisotopic (exact) mass is 459 g/mol. The average Bonchev–Trinajstić information content (AvgIpc) is 2.96. The lowest BCUT2D eigenvalue weighted by atomic mass is 10.1. The van der Waals surface area contributed by atoms with Crippen molar-refractivity contribution in [3.63, 3.8) is 0 Å². The number of hydrogen-bond donors (Lipinski definition) is 2. The zero-order chi connectivity index (χ0) is 23.5. The number of carbonyl (C=O) groups excluding carboxylic acids is 3. The minimum Gasteiger partial charge on any atom is -0.465 e. The molecule has 1 aromatic carbocycles. The largest absolute Gasteiger partial charge is 0.465 e. The van der Waals surface area contributed by atoms with Crippen molar-refractivity contribution in [3.8, 4) is 0 Å². The molecule has 2 N–H and O–H groups in total. The van der Waals surface area contributed by atoms with Gasteiger partial charge >= 0.3 is 12.1 Å². The number of aryl methyl sites for hydroxylation is 1. The third kappa shape index (κ3) is 5.86. The first-order chi connectivity index (χ1) is 14.3. The third-order valence-corrected chi connectivity index (χ3v) is 4.82. The highest BCUT2D eigenvalue weighted by atomic mass is 35.5. The Labute approximate surface area is 181 Å². The molecule has 1 amide bonds. The van der Waals surface area contributed by atoms with E-state index >= 15 is 0 Å². The SMILES string of the molecule is COC(=O)c1c(C)[nH]c(C(=O)CN(C)CC(=O)Nc2ccc(Cl)c(C(F)(F)F)c2)c1C. The second kappa shape index (κ2) is 9.52. The summed E-state index contributed by atoms with van der Waals surface area (Å²) in [6.45, 7) is 2.82. The minimum absolute atomic E-state index is 0.0694. The molecule has 0 spiro atoms. The molecule has 0 saturated heterocycles. The molecule has 0 aliphatic carbocycles. The van der Waals surface area contributed by atoms with Gasteiger partial charge in [-0.05, 0) is 44.7 Å². The van der Waals surface area contributed by atoms with Crippen LogP contribution in [0.5, 0.6) is 0 Å². The second-order valence-corrected chi connectivity index (χ2v) is 7.36. The lowest BCUT2D eigenvalue weighted by Crippen LogP contribution is -2.34. The standard InChI is InChI=1S/C20H21ClF3N3O4/c1-10-17(19(30)31-4)11(2)25-18(10)15(28)8-27(3)9-16(29)26-12-5-6-14(21)13(7-12)20(22,23)24/h5-7,25H,8-9H2,1-4H3,(H,26,29). The van der Waals surface area contributed by atoms with Crippen LogP contribution in [0.25, 0.3) is 0 Å². The number of Topliss-reactive ketones (excluding diaryl/α,β-unsaturated/α-hetero) is 1. The minimum atomic E-state index is -4.66. The molecule has 1 heterocycles. The summed E-state index contributed by atoms with van der Waals surface area (Å²) in [6.07, 6.45) is -4.66. The summed E-state index contributed by atoms with van der Waals surface area (Å²) in [5.74, 6) is -1.54. The van der Waals surface area contributed by atoms with Gasteiger partial charge in [0.1, 0.15) is 0 Å². The number of methoxy groups -OCH3 is 1. The first-order valence-corrected chi connectivity index (χ1v) is 9.38. The van der Waals surface area contributed by atoms with Crippen LogP contribution in [0, 0.1) is 13.8 Å². The summed E-state index contributed by atoms with van der Waals surface area (Å²) in [6, 6.07) is 3.04. The quantitative estimate of drug-likeness (QED) is 0.485. The van der Waals surface area contributed by atoms with Gasteiger partial charge in [0.25, 0.3) is 0 Å². The van der Waals surface area contributed by atoms with Gasteiger partial charge in [0.15, 0.2) is 5.78 Å². The van der Waals surface area contributed by atoms with E-state index < -0.39 is 28.6 Å². The number of halogens is 4. The van der Waals surface area contributed by atoms with Crippen molar-refractivity contribution in [2.45, 2.75) is 20.0 Å². The number of alkyl halides is 3. The van der Waals surface area contributed by atoms with Crippen molar-refractivity contribution < 1.29 is 32.3 Å². The first kappa shape index (κ1) is 24.4. The van der Waals surface area contributed by atoms with Crippen LogP contribution < -0.4 is 5.32 Å². The molecular formula is C20H21ClF3N3O4. The number of rotatable bonds is 7. The van der Waals surface area contributed by atoms with Crippen LogP contribution in [0.15, 0.2) is 18.2 Å². The van der Waals surface area contributed by atoms with Crippen molar-refractivity contribution >= 4 is 34.9 Å². The van der Waals surface area contributed by atoms with Gasteiger partial charge in [0.05, 0.1) is 42.0 Å². The average molecular weight is 460 g/mol. The highest BCUT2D eigenvalue weighted by Crippen LogP contribution is 2.36. The van der Waals surface area contributed by atoms with Crippen molar-refractivity contribution in [2.75, 3.05) is 32.6 Å². The van der Waals surface area contributed by atoms with Crippen LogP contribution in [-0.4, -0.2) is 54.8 Å². The van der Waals surface area contributed by atoms with Crippen LogP contribution >= 0.6 is 11.6 Å². The highest BCUT2D eigenvalue weighted by Gasteiger charge is 2.33. The Morgan fingerprint density at radius 1 is 1.19 bits per heavy atom. The van der Waals surface area contributed by atoms with Gasteiger partial charge in [-0.3, -0.25) is 14.5 Å². The number of likely N-dealkylation sites (N-methyl/N-ethyl adjacent to an activating group) is 1. The number of carbonyl (C=O) groups is 3. The number of ketones is 1. The molecule has 2 aromatic rings. The number of benzene rings is 1. The predicted molar refractivity (Wildman–Crippen MR) is 109 cm³/mol. The molecular weight excluding hydrogens is 439 g/mol. The van der Waals surface area contributed by atoms with Crippen molar-refractivity contribution in [3.05, 3.63) is 51.3 Å². The lowest BCUT2D eigenvalue weighted by Gasteiger charge is -2.16. The van der Waals surface area contributed by atoms with Crippen molar-refractivity contribution in [1.29, 1.82) is 0 Å². The maximum Gasteiger partial charge on any atom is 0.417 e. The number of nitrogens with one attached hydrogen (secondary N) is 2. The van der Waals surface area contributed by atoms with E-state index in [1.54, 1.807) is 13.8 Å². The van der Waals surface area contributed by atoms with E-state index in [-0.39, 0.29) is 35.8 Å². The molecule has 31 heavy (non-hydrogen) atoms. The Hall–Kier alpha value is -2.85. The van der Waals surface area contributed by atoms with Crippen LogP contribution in [0.4, 0.5) is 18.9 Å². The fourth-order valence-corrected chi connectivity index (χ4v) is 3.31. The maximum atomic E-state index is 12.9. The van der Waals surface area contributed by atoms with Gasteiger partial charge < -0.3 is 15.0 Å². The van der Waals surface area contributed by atoms with Gasteiger partial charge in [-0.1, -0.05) is 11.6 Å². The Kier molecular flexibility index (Phi) is 7.50. The molecule has 1 aromatic heterocycles. The molecule has 0 fully saturated rings. The predicted octanol–water partition coefficient (Wildman–Crippen LogP) is 3.84. The summed E-state index contributed by atoms with van der Waals surface area (Å²) >= 11 is 5.56. The van der Waals surface area contributed by atoms with E-state index in [2.05, 4.69) is 10.3 Å². The Morgan fingerprint density at radius 3 is 2.42 bits per heavy atom. The number of anilines is 1. The van der Waals surface area contributed by atoms with Gasteiger partial charge in [-0.25, -0.2) is 4.79 Å². The maximum absolute atomic E-state index is 12.9. The number of aromatic amines is 1. The lowest BCUT2D eigenvalue weighted by molar-refractivity contribution is -0.137. The molecule has 0 aliphatic rings. The van der Waals surface area contributed by atoms with Crippen LogP contribution in [-0.2, 0) is 15.7 Å². The summed E-state index contributed by atoms with van der Waals surface area (Å²) < 4.78 is 43.5. The van der Waals surface area contributed by atoms with Gasteiger partial charge in [-0.15, -0.1) is 0 Å². The summed E-state index contributed by atoms with van der Waals surface area (Å²) in [5.41, 5.74) is 0.283. The van der Waals surface area contributed by atoms with Crippen LogP contribution in [0.1, 0.15) is 37.7 Å². The third-order valence-electron chi connectivity index (χ3n) is 4.49. The van der Waals surface area contributed by atoms with E-state index in [1.165, 1.54) is 25.1 Å². The number of ether oxygens (including phenoxy) is 1. The molecule has 0 aliphatic heterocycles. The summed E-state index contributed by atoms with van der Waals surface area (Å²) in [5, 5.41) is 1.88. The Morgan fingerprint density at radius 2 is 1.84 bits per heavy atom. The number of esters is 1. The van der Waals surface area contributed by atoms with Crippen molar-refractivity contribution in [2.24, 2.45) is 0 Å². The molecule has 0 bridgehead atoms. The normalized spacial score (nSPS) is 11.5. The van der Waals surface area contributed by atoms with Crippen molar-refractivity contribution in [1.82, 2.24) is 9.88 Å². The van der Waals surface area contributed by atoms with E-state index in [4.69, 9.17) is 16.3 Å². The molecule has 0 unspecified atom stereocenters. The molecule has 0 radical (unpaired) electrons. The molecule has 168 valence electrons. The molecule has 7 nitrogen and oxygen atoms in total. The number of amides is 1. The topological polar surface area (TPSA) is 91.5 Å². The number of H-pyrrole nitrogens is 1. The molecule has 0 saturated carbocycles. The molecule has 11 heteroatoms. The fourth-order valence-electron chi connectivity index (χ4n) is 3.08. The zero-order valence-electron chi connectivity index (χ0n) is 17.2. The van der Waals surface area contributed by atoms with E-state index in [0.717, 1.165) is 12.1 Å². The Bertz CT molecular complexity index is 1020. The number of hydrogen-bond acceptors (Lipinski definition) is 5. The van der Waals surface area contributed by atoms with Gasteiger partial charge in [0, 0.05) is 11.4 Å². The Balaban J connectivity index is 2.03. The van der Waals surface area contributed by atoms with Gasteiger partial charge in [0.2, 0.25) is 5.91 Å². The number of nitrogens with zero attached hydrogens (tertiary/aromatic N) is 1. The zero-order valence-corrected chi connectivity index (χ0v) is 18.0. The van der Waals surface area contributed by atoms with Crippen LogP contribution in [0.3, 0.4) is 0 Å². The summed E-state index contributed by atoms with van der Waals surface area (Å²) in [4.78, 5) is 40.9. The molecule has 2 rings (SSSR count). The first-order valence-electron chi connectivity index (χ1n) is 9.01. The van der Waals surface area contributed by atoms with E-state index in [1.807, 2.05) is 0 Å². The van der Waals surface area contributed by atoms with Crippen LogP contribution in [0.2, 0.25) is 5.02 Å². The second-order valence-electron chi connectivity index (χ2n) is 6.95.